The number of nitrogens with one attached hydrogen (secondary N) is 1. The number of sulfonamides is 1. The average molecular weight is 390 g/mol. The summed E-state index contributed by atoms with van der Waals surface area (Å²) in [6.45, 7) is 0. The Bertz CT molecular complexity index is 895. The maximum Gasteiger partial charge on any atom is 0.501 e. The van der Waals surface area contributed by atoms with E-state index in [-0.39, 0.29) is 12.5 Å². The Labute approximate surface area is 133 Å². The first-order valence-electron chi connectivity index (χ1n) is 6.18. The van der Waals surface area contributed by atoms with Crippen LogP contribution >= 0.6 is 0 Å². The molecule has 1 aliphatic rings. The van der Waals surface area contributed by atoms with Crippen LogP contribution in [0.1, 0.15) is 6.42 Å². The highest BCUT2D eigenvalue weighted by atomic mass is 32.2. The van der Waals surface area contributed by atoms with Crippen LogP contribution in [-0.4, -0.2) is 34.4 Å². The van der Waals surface area contributed by atoms with Crippen molar-refractivity contribution in [3.05, 3.63) is 18.2 Å². The highest BCUT2D eigenvalue weighted by molar-refractivity contribution is 7.92. The van der Waals surface area contributed by atoms with Gasteiger partial charge in [-0.3, -0.25) is 4.79 Å². The minimum Gasteiger partial charge on any atom is -0.325 e. The van der Waals surface area contributed by atoms with Crippen LogP contribution in [0.3, 0.4) is 0 Å². The second-order valence-corrected chi connectivity index (χ2v) is 8.47. The van der Waals surface area contributed by atoms with Crippen molar-refractivity contribution in [2.45, 2.75) is 27.9 Å². The quantitative estimate of drug-likeness (QED) is 0.740. The monoisotopic (exact) mass is 390 g/mol. The summed E-state index contributed by atoms with van der Waals surface area (Å²) in [7, 11) is -10.5. The summed E-state index contributed by atoms with van der Waals surface area (Å²) in [5, 5.41) is 6.63. The predicted molar refractivity (Wildman–Crippen MR) is 72.7 cm³/mol. The molecule has 0 bridgehead atoms. The zero-order chi connectivity index (χ0) is 18.5. The fraction of sp³-hybridized carbons (Fsp3) is 0.364. The van der Waals surface area contributed by atoms with E-state index in [9.17, 15) is 39.2 Å². The highest BCUT2D eigenvalue weighted by Crippen LogP contribution is 2.38. The summed E-state index contributed by atoms with van der Waals surface area (Å²) in [6, 6.07) is 1.56. The summed E-state index contributed by atoms with van der Waals surface area (Å²) in [4.78, 5) is 9.24. The van der Waals surface area contributed by atoms with Gasteiger partial charge in [0.15, 0.2) is 0 Å². The van der Waals surface area contributed by atoms with Gasteiger partial charge in [-0.15, -0.1) is 0 Å². The van der Waals surface area contributed by atoms with E-state index in [0.29, 0.717) is 6.07 Å². The van der Waals surface area contributed by atoms with Gasteiger partial charge in [-0.2, -0.15) is 13.2 Å². The molecule has 1 fully saturated rings. The second kappa shape index (κ2) is 5.67. The van der Waals surface area contributed by atoms with E-state index >= 15 is 0 Å². The lowest BCUT2D eigenvalue weighted by Gasteiger charge is -2.14. The molecule has 0 heterocycles. The number of rotatable bonds is 4. The second-order valence-electron chi connectivity index (χ2n) is 5.00. The molecule has 0 spiro atoms. The molecule has 0 aliphatic heterocycles. The molecule has 2 rings (SSSR count). The highest BCUT2D eigenvalue weighted by Gasteiger charge is 2.49. The van der Waals surface area contributed by atoms with Crippen LogP contribution in [-0.2, 0) is 24.7 Å². The van der Waals surface area contributed by atoms with Crippen LogP contribution in [0.5, 0.6) is 0 Å². The number of amides is 1. The lowest BCUT2D eigenvalue weighted by Crippen LogP contribution is -2.26. The van der Waals surface area contributed by atoms with Crippen LogP contribution < -0.4 is 10.5 Å². The SMILES string of the molecule is NS(=O)(=O)c1ccc(NC(=O)[C@H]2C[C@H]2F)c(S(=O)(=O)C(F)(F)F)c1. The minimum atomic E-state index is -5.98. The van der Waals surface area contributed by atoms with E-state index < -0.39 is 58.8 Å². The van der Waals surface area contributed by atoms with Crippen molar-refractivity contribution < 1.29 is 39.2 Å². The molecule has 7 nitrogen and oxygen atoms in total. The number of benzene rings is 1. The van der Waals surface area contributed by atoms with E-state index in [1.165, 1.54) is 0 Å². The Morgan fingerprint density at radius 1 is 1.21 bits per heavy atom. The Morgan fingerprint density at radius 2 is 1.75 bits per heavy atom. The normalized spacial score (nSPS) is 21.4. The number of sulfone groups is 1. The molecule has 0 saturated heterocycles. The first-order valence-corrected chi connectivity index (χ1v) is 9.21. The van der Waals surface area contributed by atoms with E-state index in [4.69, 9.17) is 5.14 Å². The van der Waals surface area contributed by atoms with Gasteiger partial charge in [0.2, 0.25) is 15.9 Å². The number of alkyl halides is 4. The average Bonchev–Trinajstić information content (AvgIpc) is 3.13. The third-order valence-corrected chi connectivity index (χ3v) is 5.62. The summed E-state index contributed by atoms with van der Waals surface area (Å²) in [5.74, 6) is -2.10. The van der Waals surface area contributed by atoms with Crippen molar-refractivity contribution in [3.63, 3.8) is 0 Å². The molecular formula is C11H10F4N2O5S2. The Morgan fingerprint density at radius 3 is 2.17 bits per heavy atom. The maximum atomic E-state index is 12.8. The van der Waals surface area contributed by atoms with Gasteiger partial charge in [0, 0.05) is 0 Å². The van der Waals surface area contributed by atoms with Gasteiger partial charge in [0.1, 0.15) is 11.1 Å². The van der Waals surface area contributed by atoms with E-state index in [1.807, 2.05) is 5.32 Å². The van der Waals surface area contributed by atoms with Crippen LogP contribution in [0.15, 0.2) is 28.0 Å². The first-order chi connectivity index (χ1) is 10.7. The van der Waals surface area contributed by atoms with Crippen molar-refractivity contribution in [1.29, 1.82) is 0 Å². The Hall–Kier alpha value is -1.73. The molecule has 24 heavy (non-hydrogen) atoms. The molecule has 1 aromatic rings. The molecule has 134 valence electrons. The van der Waals surface area contributed by atoms with Gasteiger partial charge in [0.25, 0.3) is 9.84 Å². The van der Waals surface area contributed by atoms with Gasteiger partial charge in [-0.05, 0) is 24.6 Å². The van der Waals surface area contributed by atoms with Crippen molar-refractivity contribution in [1.82, 2.24) is 0 Å². The van der Waals surface area contributed by atoms with E-state index in [2.05, 4.69) is 0 Å². The summed E-state index contributed by atoms with van der Waals surface area (Å²) in [6.07, 6.45) is -1.60. The number of carbonyl (C=O) groups is 1. The van der Waals surface area contributed by atoms with Gasteiger partial charge < -0.3 is 5.32 Å². The third-order valence-electron chi connectivity index (χ3n) is 3.18. The van der Waals surface area contributed by atoms with Gasteiger partial charge >= 0.3 is 5.51 Å². The first kappa shape index (κ1) is 18.6. The van der Waals surface area contributed by atoms with Crippen molar-refractivity contribution >= 4 is 31.5 Å². The van der Waals surface area contributed by atoms with E-state index in [0.717, 1.165) is 6.07 Å². The standard InChI is InChI=1S/C11H10F4N2O5S2/c12-7-4-6(7)10(18)17-8-2-1-5(24(16,21)22)3-9(8)23(19,20)11(13,14)15/h1-3,6-7H,4H2,(H,17,18)(H2,16,21,22)/t6-,7+/m0/s1. The lowest BCUT2D eigenvalue weighted by molar-refractivity contribution is -0.117. The molecule has 1 amide bonds. The van der Waals surface area contributed by atoms with Crippen LogP contribution in [0.4, 0.5) is 23.2 Å². The molecule has 1 saturated carbocycles. The number of anilines is 1. The molecule has 13 heteroatoms. The number of nitrogens with two attached hydrogens (primary N) is 1. The predicted octanol–water partition coefficient (Wildman–Crippen LogP) is 0.924. The number of carbonyl (C=O) groups excluding carboxylic acids is 1. The number of primary sulfonamides is 1. The van der Waals surface area contributed by atoms with Crippen LogP contribution in [0.25, 0.3) is 0 Å². The molecular weight excluding hydrogens is 380 g/mol. The van der Waals surface area contributed by atoms with Crippen molar-refractivity contribution in [2.75, 3.05) is 5.32 Å². The maximum absolute atomic E-state index is 12.8. The zero-order valence-corrected chi connectivity index (χ0v) is 13.2. The topological polar surface area (TPSA) is 123 Å². The summed E-state index contributed by atoms with van der Waals surface area (Å²) >= 11 is 0. The number of hydrogen-bond acceptors (Lipinski definition) is 5. The Kier molecular flexibility index (Phi) is 4.39. The van der Waals surface area contributed by atoms with E-state index in [1.54, 1.807) is 0 Å². The van der Waals surface area contributed by atoms with Crippen LogP contribution in [0.2, 0.25) is 0 Å². The minimum absolute atomic E-state index is 0.136. The zero-order valence-electron chi connectivity index (χ0n) is 11.5. The fourth-order valence-electron chi connectivity index (χ4n) is 1.79. The molecule has 0 radical (unpaired) electrons. The Balaban J connectivity index is 2.56. The van der Waals surface area contributed by atoms with Gasteiger partial charge in [0.05, 0.1) is 16.5 Å². The molecule has 0 aromatic heterocycles. The summed E-state index contributed by atoms with van der Waals surface area (Å²) in [5.41, 5.74) is -6.56. The van der Waals surface area contributed by atoms with Crippen molar-refractivity contribution in [2.24, 2.45) is 11.1 Å². The molecule has 1 aliphatic carbocycles. The number of hydrogen-bond donors (Lipinski definition) is 2. The molecule has 1 aromatic carbocycles. The van der Waals surface area contributed by atoms with Gasteiger partial charge in [-0.1, -0.05) is 0 Å². The van der Waals surface area contributed by atoms with Crippen molar-refractivity contribution in [3.8, 4) is 0 Å². The lowest BCUT2D eigenvalue weighted by atomic mass is 10.3. The smallest absolute Gasteiger partial charge is 0.325 e. The van der Waals surface area contributed by atoms with Crippen LogP contribution in [0, 0.1) is 5.92 Å². The van der Waals surface area contributed by atoms with Gasteiger partial charge in [-0.25, -0.2) is 26.4 Å². The summed E-state index contributed by atoms with van der Waals surface area (Å²) < 4.78 is 96.7. The fourth-order valence-corrected chi connectivity index (χ4v) is 3.35. The third kappa shape index (κ3) is 3.52. The number of halogens is 4. The molecule has 0 unspecified atom stereocenters. The molecule has 3 N–H and O–H groups in total. The largest absolute Gasteiger partial charge is 0.501 e. The molecule has 2 atom stereocenters.